The van der Waals surface area contributed by atoms with Crippen LogP contribution in [0.3, 0.4) is 0 Å². The van der Waals surface area contributed by atoms with Crippen LogP contribution in [-0.2, 0) is 33.3 Å². The SMILES string of the molecule is CC(=O)O[C@H]1[C@@H](O[C@]2(CO)O[C@H](CO)[C@@H](O)[C@@H]2OC(=O)C=Cc2ccc(O)cc2)O[C@H](CO)[C@@H](O)[C@@H]1O. The standard InChI is InChI=1S/C23H30O14/c1-11(27)33-20-19(32)17(30)14(8-24)34-22(20)37-23(10-26)21(18(31)15(9-25)36-23)35-16(29)7-4-12-2-5-13(28)6-3-12/h2-7,14-15,17-22,24-26,28,30-32H,8-10H2,1H3/t14-,15-,17-,18-,19+,20-,21+,22-,23+/m1/s1. The van der Waals surface area contributed by atoms with Crippen LogP contribution in [0.15, 0.2) is 30.3 Å². The van der Waals surface area contributed by atoms with Crippen LogP contribution in [0.4, 0.5) is 0 Å². The van der Waals surface area contributed by atoms with Crippen molar-refractivity contribution >= 4 is 18.0 Å². The van der Waals surface area contributed by atoms with E-state index in [1.165, 1.54) is 30.3 Å². The van der Waals surface area contributed by atoms with Gasteiger partial charge in [-0.2, -0.15) is 0 Å². The number of hydrogen-bond donors (Lipinski definition) is 7. The Kier molecular flexibility index (Phi) is 9.57. The molecule has 2 aliphatic heterocycles. The molecule has 1 aromatic carbocycles. The van der Waals surface area contributed by atoms with E-state index in [2.05, 4.69) is 0 Å². The molecule has 2 aliphatic rings. The zero-order valence-electron chi connectivity index (χ0n) is 19.7. The van der Waals surface area contributed by atoms with Gasteiger partial charge in [0.15, 0.2) is 12.2 Å². The van der Waals surface area contributed by atoms with Crippen LogP contribution in [0.25, 0.3) is 6.08 Å². The lowest BCUT2D eigenvalue weighted by Gasteiger charge is -2.44. The van der Waals surface area contributed by atoms with E-state index in [-0.39, 0.29) is 5.75 Å². The predicted molar refractivity (Wildman–Crippen MR) is 119 cm³/mol. The summed E-state index contributed by atoms with van der Waals surface area (Å²) in [6, 6.07) is 5.82. The molecular formula is C23H30O14. The van der Waals surface area contributed by atoms with E-state index >= 15 is 0 Å². The minimum atomic E-state index is -2.39. The Hall–Kier alpha value is -2.66. The van der Waals surface area contributed by atoms with Gasteiger partial charge < -0.3 is 59.4 Å². The zero-order chi connectivity index (χ0) is 27.3. The molecule has 0 amide bonds. The number of benzene rings is 1. The largest absolute Gasteiger partial charge is 0.508 e. The second kappa shape index (κ2) is 12.3. The molecule has 0 saturated carbocycles. The van der Waals surface area contributed by atoms with Crippen molar-refractivity contribution < 1.29 is 69.0 Å². The van der Waals surface area contributed by atoms with Crippen LogP contribution < -0.4 is 0 Å². The van der Waals surface area contributed by atoms with Crippen molar-refractivity contribution in [1.82, 2.24) is 0 Å². The van der Waals surface area contributed by atoms with E-state index in [1.54, 1.807) is 0 Å². The summed E-state index contributed by atoms with van der Waals surface area (Å²) in [6.07, 6.45) is -10.9. The minimum Gasteiger partial charge on any atom is -0.508 e. The summed E-state index contributed by atoms with van der Waals surface area (Å²) in [7, 11) is 0. The number of phenolic OH excluding ortho intramolecular Hbond substituents is 1. The highest BCUT2D eigenvalue weighted by atomic mass is 16.8. The van der Waals surface area contributed by atoms with E-state index in [1.807, 2.05) is 0 Å². The first-order chi connectivity index (χ1) is 17.5. The van der Waals surface area contributed by atoms with E-state index < -0.39 is 86.6 Å². The summed E-state index contributed by atoms with van der Waals surface area (Å²) in [6.45, 7) is -1.61. The van der Waals surface area contributed by atoms with Gasteiger partial charge in [0.05, 0.1) is 13.2 Å². The monoisotopic (exact) mass is 530 g/mol. The first-order valence-corrected chi connectivity index (χ1v) is 11.3. The van der Waals surface area contributed by atoms with Crippen molar-refractivity contribution in [2.75, 3.05) is 19.8 Å². The molecule has 7 N–H and O–H groups in total. The van der Waals surface area contributed by atoms with Crippen LogP contribution in [0.1, 0.15) is 12.5 Å². The number of phenols is 1. The number of esters is 2. The van der Waals surface area contributed by atoms with Crippen LogP contribution in [0.5, 0.6) is 5.75 Å². The topological polar surface area (TPSA) is 222 Å². The molecule has 0 aliphatic carbocycles. The fourth-order valence-electron chi connectivity index (χ4n) is 3.99. The maximum atomic E-state index is 12.5. The predicted octanol–water partition coefficient (Wildman–Crippen LogP) is -2.85. The van der Waals surface area contributed by atoms with Crippen LogP contribution in [-0.4, -0.2) is 122 Å². The smallest absolute Gasteiger partial charge is 0.331 e. The Morgan fingerprint density at radius 3 is 2.19 bits per heavy atom. The molecule has 9 atom stereocenters. The molecule has 14 heteroatoms. The molecule has 37 heavy (non-hydrogen) atoms. The lowest BCUT2D eigenvalue weighted by molar-refractivity contribution is -0.383. The van der Waals surface area contributed by atoms with Gasteiger partial charge in [0.2, 0.25) is 12.1 Å². The van der Waals surface area contributed by atoms with Gasteiger partial charge in [-0.3, -0.25) is 4.79 Å². The lowest BCUT2D eigenvalue weighted by atomic mass is 9.98. The van der Waals surface area contributed by atoms with E-state index in [0.717, 1.165) is 13.0 Å². The van der Waals surface area contributed by atoms with Gasteiger partial charge in [0.25, 0.3) is 0 Å². The van der Waals surface area contributed by atoms with Gasteiger partial charge >= 0.3 is 11.9 Å². The second-order valence-corrected chi connectivity index (χ2v) is 8.48. The summed E-state index contributed by atoms with van der Waals surface area (Å²) in [5.74, 6) is -4.27. The molecular weight excluding hydrogens is 500 g/mol. The Bertz CT molecular complexity index is 951. The van der Waals surface area contributed by atoms with Crippen molar-refractivity contribution in [3.05, 3.63) is 35.9 Å². The molecule has 206 valence electrons. The fourth-order valence-corrected chi connectivity index (χ4v) is 3.99. The van der Waals surface area contributed by atoms with Crippen molar-refractivity contribution in [2.45, 2.75) is 61.7 Å². The molecule has 14 nitrogen and oxygen atoms in total. The van der Waals surface area contributed by atoms with Gasteiger partial charge in [-0.25, -0.2) is 4.79 Å². The molecule has 2 heterocycles. The minimum absolute atomic E-state index is 0.0175. The van der Waals surface area contributed by atoms with Crippen LogP contribution in [0.2, 0.25) is 0 Å². The number of hydrogen-bond acceptors (Lipinski definition) is 14. The van der Waals surface area contributed by atoms with Gasteiger partial charge in [-0.15, -0.1) is 0 Å². The third kappa shape index (κ3) is 6.43. The summed E-state index contributed by atoms with van der Waals surface area (Å²) < 4.78 is 26.9. The molecule has 3 rings (SSSR count). The molecule has 2 saturated heterocycles. The van der Waals surface area contributed by atoms with Gasteiger partial charge in [-0.05, 0) is 23.8 Å². The average molecular weight is 530 g/mol. The van der Waals surface area contributed by atoms with Crippen molar-refractivity contribution in [3.63, 3.8) is 0 Å². The van der Waals surface area contributed by atoms with E-state index in [4.69, 9.17) is 23.7 Å². The number of aliphatic hydroxyl groups excluding tert-OH is 6. The molecule has 0 radical (unpaired) electrons. The van der Waals surface area contributed by atoms with E-state index in [0.29, 0.717) is 5.56 Å². The third-order valence-electron chi connectivity index (χ3n) is 5.87. The normalized spacial score (nSPS) is 36.0. The highest BCUT2D eigenvalue weighted by molar-refractivity contribution is 5.87. The first kappa shape index (κ1) is 28.9. The number of aliphatic hydroxyl groups is 6. The van der Waals surface area contributed by atoms with Crippen molar-refractivity contribution in [1.29, 1.82) is 0 Å². The number of rotatable bonds is 9. The fraction of sp³-hybridized carbons (Fsp3) is 0.565. The summed E-state index contributed by atoms with van der Waals surface area (Å²) in [5, 5.41) is 69.9. The molecule has 1 aromatic rings. The van der Waals surface area contributed by atoms with Gasteiger partial charge in [0, 0.05) is 13.0 Å². The van der Waals surface area contributed by atoms with Crippen molar-refractivity contribution in [2.24, 2.45) is 0 Å². The van der Waals surface area contributed by atoms with Gasteiger partial charge in [-0.1, -0.05) is 12.1 Å². The molecule has 0 aromatic heterocycles. The molecule has 2 fully saturated rings. The maximum Gasteiger partial charge on any atom is 0.331 e. The van der Waals surface area contributed by atoms with E-state index in [9.17, 15) is 45.3 Å². The average Bonchev–Trinajstić information content (AvgIpc) is 3.13. The van der Waals surface area contributed by atoms with Gasteiger partial charge in [0.1, 0.15) is 42.9 Å². The highest BCUT2D eigenvalue weighted by Crippen LogP contribution is 2.38. The Balaban J connectivity index is 1.87. The lowest BCUT2D eigenvalue weighted by Crippen LogP contribution is -2.64. The Morgan fingerprint density at radius 1 is 0.973 bits per heavy atom. The second-order valence-electron chi connectivity index (χ2n) is 8.48. The number of carbonyl (C=O) groups excluding carboxylic acids is 2. The quantitative estimate of drug-likeness (QED) is 0.126. The summed E-state index contributed by atoms with van der Waals surface area (Å²) in [5.41, 5.74) is 0.526. The molecule has 0 bridgehead atoms. The zero-order valence-corrected chi connectivity index (χ0v) is 19.7. The maximum absolute atomic E-state index is 12.5. The summed E-state index contributed by atoms with van der Waals surface area (Å²) >= 11 is 0. The first-order valence-electron chi connectivity index (χ1n) is 11.3. The molecule has 0 spiro atoms. The third-order valence-corrected chi connectivity index (χ3v) is 5.87. The highest BCUT2D eigenvalue weighted by Gasteiger charge is 2.61. The number of carbonyl (C=O) groups is 2. The number of ether oxygens (including phenoxy) is 5. The van der Waals surface area contributed by atoms with Crippen LogP contribution >= 0.6 is 0 Å². The Morgan fingerprint density at radius 2 is 1.62 bits per heavy atom. The number of aromatic hydroxyl groups is 1. The van der Waals surface area contributed by atoms with Crippen LogP contribution in [0, 0.1) is 0 Å². The van der Waals surface area contributed by atoms with Crippen molar-refractivity contribution in [3.8, 4) is 5.75 Å². The molecule has 0 unspecified atom stereocenters. The summed E-state index contributed by atoms with van der Waals surface area (Å²) in [4.78, 5) is 24.1. The Labute approximate surface area is 210 Å².